The fraction of sp³-hybridized carbons (Fsp3) is 0.250. The first-order valence-electron chi connectivity index (χ1n) is 11.6. The lowest BCUT2D eigenvalue weighted by Gasteiger charge is -2.27. The molecule has 0 unspecified atom stereocenters. The predicted octanol–water partition coefficient (Wildman–Crippen LogP) is 5.95. The average molecular weight is 440 g/mol. The number of aromatic nitrogens is 1. The van der Waals surface area contributed by atoms with Gasteiger partial charge in [-0.3, -0.25) is 4.79 Å². The third-order valence-corrected chi connectivity index (χ3v) is 7.13. The van der Waals surface area contributed by atoms with Gasteiger partial charge in [-0.2, -0.15) is 0 Å². The molecule has 5 heteroatoms. The second-order valence-corrected chi connectivity index (χ2v) is 9.20. The molecule has 0 saturated carbocycles. The van der Waals surface area contributed by atoms with Crippen LogP contribution >= 0.6 is 0 Å². The fourth-order valence-corrected chi connectivity index (χ4v) is 5.44. The summed E-state index contributed by atoms with van der Waals surface area (Å²) in [5.74, 6) is -0.777. The number of nitrogens with one attached hydrogen (secondary N) is 3. The third kappa shape index (κ3) is 3.44. The number of aryl methyl sites for hydroxylation is 1. The first-order valence-corrected chi connectivity index (χ1v) is 11.6. The molecule has 1 aromatic heterocycles. The second kappa shape index (κ2) is 7.85. The van der Waals surface area contributed by atoms with Crippen molar-refractivity contribution in [3.63, 3.8) is 0 Å². The lowest BCUT2D eigenvalue weighted by Crippen LogP contribution is -2.27. The van der Waals surface area contributed by atoms with Gasteiger partial charge in [-0.15, -0.1) is 0 Å². The molecule has 4 aromatic rings. The lowest BCUT2D eigenvalue weighted by atomic mass is 9.90. The van der Waals surface area contributed by atoms with Crippen LogP contribution < -0.4 is 10.6 Å². The predicted molar refractivity (Wildman–Crippen MR) is 129 cm³/mol. The number of benzene rings is 3. The van der Waals surface area contributed by atoms with Crippen LogP contribution in [0.25, 0.3) is 22.0 Å². The Hall–Kier alpha value is -3.44. The van der Waals surface area contributed by atoms with Crippen LogP contribution in [0.15, 0.2) is 60.7 Å². The van der Waals surface area contributed by atoms with E-state index >= 15 is 0 Å². The summed E-state index contributed by atoms with van der Waals surface area (Å²) in [5, 5.41) is 7.74. The van der Waals surface area contributed by atoms with Crippen molar-refractivity contribution in [2.45, 2.75) is 44.8 Å². The number of carbonyl (C=O) groups excluding carboxylic acids is 1. The first-order chi connectivity index (χ1) is 16.1. The highest BCUT2D eigenvalue weighted by molar-refractivity contribution is 5.99. The van der Waals surface area contributed by atoms with Crippen molar-refractivity contribution < 1.29 is 9.18 Å². The Morgan fingerprint density at radius 2 is 1.91 bits per heavy atom. The Labute approximate surface area is 192 Å². The number of rotatable bonds is 4. The van der Waals surface area contributed by atoms with E-state index in [2.05, 4.69) is 58.9 Å². The van der Waals surface area contributed by atoms with E-state index in [1.165, 1.54) is 28.3 Å². The van der Waals surface area contributed by atoms with Crippen LogP contribution in [0.2, 0.25) is 0 Å². The number of H-pyrrole nitrogens is 1. The quantitative estimate of drug-likeness (QED) is 0.368. The van der Waals surface area contributed by atoms with Crippen molar-refractivity contribution in [2.24, 2.45) is 0 Å². The van der Waals surface area contributed by atoms with Crippen molar-refractivity contribution in [3.8, 4) is 11.1 Å². The summed E-state index contributed by atoms with van der Waals surface area (Å²) in [4.78, 5) is 15.5. The Balaban J connectivity index is 1.36. The molecule has 1 aliphatic carbocycles. The molecule has 0 bridgehead atoms. The highest BCUT2D eigenvalue weighted by atomic mass is 19.1. The van der Waals surface area contributed by atoms with Crippen molar-refractivity contribution in [1.82, 2.24) is 15.6 Å². The monoisotopic (exact) mass is 439 g/mol. The SMILES string of the molecule is C[C@@H](N[C@@H]1CCCc2c1[nH]c1ccc(-c3cc(F)c4c(c3)CNC4=O)cc21)c1ccccc1. The number of hydrogen-bond acceptors (Lipinski definition) is 2. The van der Waals surface area contributed by atoms with Gasteiger partial charge in [0.05, 0.1) is 5.56 Å². The molecule has 3 N–H and O–H groups in total. The number of halogens is 1. The van der Waals surface area contributed by atoms with Gasteiger partial charge in [0.1, 0.15) is 5.82 Å². The van der Waals surface area contributed by atoms with Crippen molar-refractivity contribution in [2.75, 3.05) is 0 Å². The smallest absolute Gasteiger partial charge is 0.254 e. The molecular weight excluding hydrogens is 413 g/mol. The second-order valence-electron chi connectivity index (χ2n) is 9.20. The van der Waals surface area contributed by atoms with Gasteiger partial charge in [-0.25, -0.2) is 4.39 Å². The first kappa shape index (κ1) is 20.2. The zero-order chi connectivity index (χ0) is 22.5. The van der Waals surface area contributed by atoms with E-state index in [0.717, 1.165) is 41.5 Å². The van der Waals surface area contributed by atoms with E-state index in [0.29, 0.717) is 6.54 Å². The maximum Gasteiger partial charge on any atom is 0.254 e. The number of fused-ring (bicyclic) bond motifs is 4. The van der Waals surface area contributed by atoms with Crippen LogP contribution in [-0.4, -0.2) is 10.9 Å². The molecule has 166 valence electrons. The molecule has 33 heavy (non-hydrogen) atoms. The van der Waals surface area contributed by atoms with Crippen molar-refractivity contribution >= 4 is 16.8 Å². The van der Waals surface area contributed by atoms with Gasteiger partial charge in [0.2, 0.25) is 0 Å². The standard InChI is InChI=1S/C28H26FN3O/c1-16(17-6-3-2-4-7-17)31-25-9-5-8-21-22-13-18(10-11-24(22)32-27(21)25)19-12-20-15-30-28(33)26(20)23(29)14-19/h2-4,6-7,10-14,16,25,31-32H,5,8-9,15H2,1H3,(H,30,33)/t16-,25-/m1/s1. The molecule has 2 atom stereocenters. The van der Waals surface area contributed by atoms with Crippen LogP contribution in [0.5, 0.6) is 0 Å². The van der Waals surface area contributed by atoms with Gasteiger partial charge in [-0.05, 0) is 78.3 Å². The summed E-state index contributed by atoms with van der Waals surface area (Å²) in [7, 11) is 0. The third-order valence-electron chi connectivity index (χ3n) is 7.13. The fourth-order valence-electron chi connectivity index (χ4n) is 5.44. The largest absolute Gasteiger partial charge is 0.357 e. The summed E-state index contributed by atoms with van der Waals surface area (Å²) in [5.41, 5.74) is 7.71. The molecule has 1 aliphatic heterocycles. The molecule has 4 nitrogen and oxygen atoms in total. The van der Waals surface area contributed by atoms with Crippen LogP contribution in [0.3, 0.4) is 0 Å². The number of hydrogen-bond donors (Lipinski definition) is 3. The Kier molecular flexibility index (Phi) is 4.80. The van der Waals surface area contributed by atoms with E-state index in [-0.39, 0.29) is 23.6 Å². The summed E-state index contributed by atoms with van der Waals surface area (Å²) in [6, 6.07) is 20.8. The van der Waals surface area contributed by atoms with E-state index < -0.39 is 5.82 Å². The van der Waals surface area contributed by atoms with Crippen LogP contribution in [0.1, 0.15) is 64.6 Å². The molecule has 1 amide bonds. The van der Waals surface area contributed by atoms with E-state index in [1.54, 1.807) is 0 Å². The Morgan fingerprint density at radius 3 is 2.76 bits per heavy atom. The summed E-state index contributed by atoms with van der Waals surface area (Å²) < 4.78 is 14.7. The number of amides is 1. The molecule has 2 aliphatic rings. The van der Waals surface area contributed by atoms with Crippen molar-refractivity contribution in [3.05, 3.63) is 94.4 Å². The van der Waals surface area contributed by atoms with Crippen molar-refractivity contribution in [1.29, 1.82) is 0 Å². The highest BCUT2D eigenvalue weighted by Gasteiger charge is 2.27. The van der Waals surface area contributed by atoms with Crippen LogP contribution in [0.4, 0.5) is 4.39 Å². The van der Waals surface area contributed by atoms with E-state index in [9.17, 15) is 9.18 Å². The van der Waals surface area contributed by atoms with Gasteiger partial charge in [0.25, 0.3) is 5.91 Å². The minimum Gasteiger partial charge on any atom is -0.357 e. The zero-order valence-electron chi connectivity index (χ0n) is 18.5. The zero-order valence-corrected chi connectivity index (χ0v) is 18.5. The van der Waals surface area contributed by atoms with Crippen LogP contribution in [0, 0.1) is 5.82 Å². The molecule has 3 aromatic carbocycles. The molecule has 0 saturated heterocycles. The summed E-state index contributed by atoms with van der Waals surface area (Å²) in [6.07, 6.45) is 3.26. The lowest BCUT2D eigenvalue weighted by molar-refractivity contribution is 0.0962. The van der Waals surface area contributed by atoms with Gasteiger partial charge in [0, 0.05) is 35.2 Å². The summed E-state index contributed by atoms with van der Waals surface area (Å²) in [6.45, 7) is 2.60. The molecular formula is C28H26FN3O. The molecule has 0 spiro atoms. The molecule has 0 fully saturated rings. The Bertz CT molecular complexity index is 1380. The molecule has 6 rings (SSSR count). The highest BCUT2D eigenvalue weighted by Crippen LogP contribution is 2.38. The topological polar surface area (TPSA) is 56.9 Å². The Morgan fingerprint density at radius 1 is 1.06 bits per heavy atom. The molecule has 2 heterocycles. The average Bonchev–Trinajstić information content (AvgIpc) is 3.40. The van der Waals surface area contributed by atoms with Gasteiger partial charge in [-0.1, -0.05) is 36.4 Å². The van der Waals surface area contributed by atoms with E-state index in [1.807, 2.05) is 18.2 Å². The number of carbonyl (C=O) groups is 1. The van der Waals surface area contributed by atoms with Crippen LogP contribution in [-0.2, 0) is 13.0 Å². The minimum absolute atomic E-state index is 0.181. The maximum atomic E-state index is 14.7. The minimum atomic E-state index is -0.451. The molecule has 0 radical (unpaired) electrons. The van der Waals surface area contributed by atoms with Gasteiger partial charge < -0.3 is 15.6 Å². The number of aromatic amines is 1. The van der Waals surface area contributed by atoms with Gasteiger partial charge in [0.15, 0.2) is 0 Å². The summed E-state index contributed by atoms with van der Waals surface area (Å²) >= 11 is 0. The normalized spacial score (nSPS) is 18.1. The van der Waals surface area contributed by atoms with E-state index in [4.69, 9.17) is 0 Å². The maximum absolute atomic E-state index is 14.7. The van der Waals surface area contributed by atoms with Gasteiger partial charge >= 0.3 is 0 Å².